The molecule has 0 aromatic rings. The van der Waals surface area contributed by atoms with Crippen LogP contribution in [0.1, 0.15) is 64.2 Å². The molecule has 4 bridgehead atoms. The summed E-state index contributed by atoms with van der Waals surface area (Å²) in [6.07, 6.45) is 10.9. The predicted octanol–water partition coefficient (Wildman–Crippen LogP) is 3.33. The molecule has 0 radical (unpaired) electrons. The van der Waals surface area contributed by atoms with E-state index in [1.165, 1.54) is 24.2 Å². The molecule has 0 aromatic heterocycles. The third kappa shape index (κ3) is 2.71. The van der Waals surface area contributed by atoms with Crippen molar-refractivity contribution >= 4 is 28.8 Å². The number of imide groups is 1. The van der Waals surface area contributed by atoms with E-state index in [0.717, 1.165) is 74.5 Å². The van der Waals surface area contributed by atoms with Crippen molar-refractivity contribution < 1.29 is 14.4 Å². The van der Waals surface area contributed by atoms with Crippen LogP contribution in [-0.2, 0) is 9.59 Å². The Morgan fingerprint density at radius 2 is 1.62 bits per heavy atom. The minimum absolute atomic E-state index is 0.0594. The fraction of sp³-hybridized carbons (Fsp3) is 0.850. The van der Waals surface area contributed by atoms with E-state index < -0.39 is 0 Å². The van der Waals surface area contributed by atoms with Crippen LogP contribution in [0.3, 0.4) is 0 Å². The lowest BCUT2D eigenvalue weighted by Crippen LogP contribution is -2.60. The van der Waals surface area contributed by atoms with Gasteiger partial charge in [0.25, 0.3) is 5.24 Å². The molecule has 3 amide bonds. The first-order valence-corrected chi connectivity index (χ1v) is 11.3. The van der Waals surface area contributed by atoms with Crippen LogP contribution in [0.25, 0.3) is 0 Å². The first-order chi connectivity index (χ1) is 12.5. The van der Waals surface area contributed by atoms with Crippen molar-refractivity contribution in [2.75, 3.05) is 5.75 Å². The number of nitrogens with one attached hydrogen (secondary N) is 1. The lowest BCUT2D eigenvalue weighted by Gasteiger charge is -2.56. The lowest BCUT2D eigenvalue weighted by molar-refractivity contribution is -0.148. The van der Waals surface area contributed by atoms with E-state index in [1.54, 1.807) is 0 Å². The SMILES string of the molecule is O=C1CSC(=O)N1[C@H]1CCCC[C@H]1NC(=O)C12CC3CC(CC(C3)C1)C2. The van der Waals surface area contributed by atoms with Crippen molar-refractivity contribution in [3.05, 3.63) is 0 Å². The van der Waals surface area contributed by atoms with E-state index in [1.807, 2.05) is 0 Å². The molecule has 0 spiro atoms. The summed E-state index contributed by atoms with van der Waals surface area (Å²) in [4.78, 5) is 39.2. The fourth-order valence-electron chi connectivity index (χ4n) is 6.98. The molecule has 5 aliphatic carbocycles. The first kappa shape index (κ1) is 17.1. The van der Waals surface area contributed by atoms with Gasteiger partial charge >= 0.3 is 0 Å². The summed E-state index contributed by atoms with van der Waals surface area (Å²) in [5.74, 6) is 2.62. The third-order valence-corrected chi connectivity index (χ3v) is 8.52. The van der Waals surface area contributed by atoms with Crippen molar-refractivity contribution in [2.24, 2.45) is 23.2 Å². The number of thioether (sulfide) groups is 1. The monoisotopic (exact) mass is 376 g/mol. The van der Waals surface area contributed by atoms with Crippen molar-refractivity contribution in [2.45, 2.75) is 76.3 Å². The Morgan fingerprint density at radius 1 is 1.00 bits per heavy atom. The highest BCUT2D eigenvalue weighted by atomic mass is 32.2. The molecule has 6 fully saturated rings. The minimum Gasteiger partial charge on any atom is -0.351 e. The number of amides is 3. The molecule has 26 heavy (non-hydrogen) atoms. The predicted molar refractivity (Wildman–Crippen MR) is 99.5 cm³/mol. The van der Waals surface area contributed by atoms with Crippen LogP contribution in [-0.4, -0.2) is 39.8 Å². The van der Waals surface area contributed by atoms with Gasteiger partial charge in [0.15, 0.2) is 0 Å². The van der Waals surface area contributed by atoms with Crippen molar-refractivity contribution in [1.29, 1.82) is 0 Å². The summed E-state index contributed by atoms with van der Waals surface area (Å²) < 4.78 is 0. The minimum atomic E-state index is -0.162. The molecule has 1 saturated heterocycles. The van der Waals surface area contributed by atoms with Crippen LogP contribution in [0.2, 0.25) is 0 Å². The van der Waals surface area contributed by atoms with Crippen LogP contribution in [0.15, 0.2) is 0 Å². The Labute approximate surface area is 159 Å². The maximum Gasteiger partial charge on any atom is 0.289 e. The summed E-state index contributed by atoms with van der Waals surface area (Å²) in [7, 11) is 0. The number of rotatable bonds is 3. The van der Waals surface area contributed by atoms with Crippen LogP contribution in [0.5, 0.6) is 0 Å². The van der Waals surface area contributed by atoms with Gasteiger partial charge in [-0.15, -0.1) is 0 Å². The molecule has 142 valence electrons. The van der Waals surface area contributed by atoms with E-state index in [-0.39, 0.29) is 40.3 Å². The van der Waals surface area contributed by atoms with Gasteiger partial charge in [0, 0.05) is 11.5 Å². The van der Waals surface area contributed by atoms with Gasteiger partial charge in [0.05, 0.1) is 11.8 Å². The molecule has 2 atom stereocenters. The Kier molecular flexibility index (Phi) is 4.11. The zero-order valence-electron chi connectivity index (χ0n) is 15.2. The summed E-state index contributed by atoms with van der Waals surface area (Å²) in [6.45, 7) is 0. The second-order valence-corrected chi connectivity index (χ2v) is 10.4. The molecule has 6 heteroatoms. The largest absolute Gasteiger partial charge is 0.351 e. The van der Waals surface area contributed by atoms with Crippen LogP contribution in [0, 0.1) is 23.2 Å². The maximum atomic E-state index is 13.4. The number of hydrogen-bond donors (Lipinski definition) is 1. The molecule has 1 aliphatic heterocycles. The quantitative estimate of drug-likeness (QED) is 0.820. The highest BCUT2D eigenvalue weighted by molar-refractivity contribution is 8.14. The van der Waals surface area contributed by atoms with Crippen molar-refractivity contribution in [3.8, 4) is 0 Å². The Balaban J connectivity index is 1.33. The second kappa shape index (κ2) is 6.25. The van der Waals surface area contributed by atoms with Crippen molar-refractivity contribution in [1.82, 2.24) is 10.2 Å². The van der Waals surface area contributed by atoms with Gasteiger partial charge in [0.2, 0.25) is 11.8 Å². The molecule has 0 unspecified atom stereocenters. The average Bonchev–Trinajstić information content (AvgIpc) is 2.93. The number of hydrogen-bond acceptors (Lipinski definition) is 4. The zero-order chi connectivity index (χ0) is 17.9. The van der Waals surface area contributed by atoms with E-state index in [2.05, 4.69) is 5.32 Å². The summed E-state index contributed by atoms with van der Waals surface area (Å²) in [6, 6.07) is -0.201. The molecule has 6 aliphatic rings. The highest BCUT2D eigenvalue weighted by Crippen LogP contribution is 2.60. The standard InChI is InChI=1S/C20H28N2O3S/c23-17-11-26-19(25)22(17)16-4-2-1-3-15(16)21-18(24)20-8-12-5-13(9-20)7-14(6-12)10-20/h12-16H,1-11H2,(H,21,24)/t12?,13?,14?,15-,16+,20?/m1/s1. The van der Waals surface area contributed by atoms with Gasteiger partial charge in [-0.05, 0) is 69.1 Å². The van der Waals surface area contributed by atoms with Crippen LogP contribution >= 0.6 is 11.8 Å². The summed E-state index contributed by atoms with van der Waals surface area (Å²) in [5, 5.41) is 3.22. The molecule has 1 heterocycles. The molecule has 5 nitrogen and oxygen atoms in total. The number of carbonyl (C=O) groups excluding carboxylic acids is 3. The second-order valence-electron chi connectivity index (χ2n) is 9.45. The number of nitrogens with zero attached hydrogens (tertiary/aromatic N) is 1. The maximum absolute atomic E-state index is 13.4. The Hall–Kier alpha value is -1.04. The molecular formula is C20H28N2O3S. The van der Waals surface area contributed by atoms with Crippen molar-refractivity contribution in [3.63, 3.8) is 0 Å². The van der Waals surface area contributed by atoms with Gasteiger partial charge in [-0.25, -0.2) is 0 Å². The first-order valence-electron chi connectivity index (χ1n) is 10.3. The van der Waals surface area contributed by atoms with Gasteiger partial charge < -0.3 is 5.32 Å². The molecule has 0 aromatic carbocycles. The van der Waals surface area contributed by atoms with Crippen LogP contribution in [0.4, 0.5) is 4.79 Å². The normalized spacial score (nSPS) is 44.6. The molecule has 5 saturated carbocycles. The Bertz CT molecular complexity index is 598. The molecule has 6 rings (SSSR count). The van der Waals surface area contributed by atoms with Gasteiger partial charge in [-0.1, -0.05) is 24.6 Å². The van der Waals surface area contributed by atoms with Crippen LogP contribution < -0.4 is 5.32 Å². The topological polar surface area (TPSA) is 66.5 Å². The van der Waals surface area contributed by atoms with E-state index >= 15 is 0 Å². The van der Waals surface area contributed by atoms with Gasteiger partial charge in [0.1, 0.15) is 0 Å². The van der Waals surface area contributed by atoms with E-state index in [4.69, 9.17) is 0 Å². The zero-order valence-corrected chi connectivity index (χ0v) is 16.1. The summed E-state index contributed by atoms with van der Waals surface area (Å²) in [5.41, 5.74) is -0.162. The summed E-state index contributed by atoms with van der Waals surface area (Å²) >= 11 is 1.10. The van der Waals surface area contributed by atoms with E-state index in [9.17, 15) is 14.4 Å². The average molecular weight is 377 g/mol. The van der Waals surface area contributed by atoms with E-state index in [0.29, 0.717) is 0 Å². The van der Waals surface area contributed by atoms with Gasteiger partial charge in [-0.2, -0.15) is 0 Å². The molecular weight excluding hydrogens is 348 g/mol. The lowest BCUT2D eigenvalue weighted by atomic mass is 9.49. The Morgan fingerprint density at radius 3 is 2.19 bits per heavy atom. The third-order valence-electron chi connectivity index (χ3n) is 7.68. The molecule has 1 N–H and O–H groups in total. The smallest absolute Gasteiger partial charge is 0.289 e. The fourth-order valence-corrected chi connectivity index (χ4v) is 7.75. The highest BCUT2D eigenvalue weighted by Gasteiger charge is 2.55. The number of carbonyl (C=O) groups is 3. The van der Waals surface area contributed by atoms with Gasteiger partial charge in [-0.3, -0.25) is 19.3 Å².